The number of nitrogens with zero attached hydrogens (tertiary/aromatic N) is 12. The second-order valence-electron chi connectivity index (χ2n) is 14.2. The summed E-state index contributed by atoms with van der Waals surface area (Å²) >= 11 is 2.09. The van der Waals surface area contributed by atoms with Crippen molar-refractivity contribution in [2.24, 2.45) is 0 Å². The monoisotopic (exact) mass is 956 g/mol. The van der Waals surface area contributed by atoms with Crippen molar-refractivity contribution in [3.8, 4) is 34.6 Å². The fraction of sp³-hybridized carbons (Fsp3) is 0.0909. The normalized spacial score (nSPS) is 12.3. The first-order chi connectivity index (χ1) is 30.4. The lowest BCUT2D eigenvalue weighted by Gasteiger charge is -2.18. The Hall–Kier alpha value is -7.73. The van der Waals surface area contributed by atoms with E-state index in [1.165, 1.54) is 55.2 Å². The summed E-state index contributed by atoms with van der Waals surface area (Å²) in [7, 11) is 0. The van der Waals surface area contributed by atoms with Crippen LogP contribution < -0.4 is 11.5 Å². The SMILES string of the molecule is C#Cc1nn(C(C)c2nc3ccc(F)cc3cc2-c2cncc(F)c2)c2ncnc(N)c12.CC(c1nc2ccc(F)cc2cc1-c1cncc(F)c1)n1nc(I)c2c(N)ncnc21. The summed E-state index contributed by atoms with van der Waals surface area (Å²) in [5.41, 5.74) is 17.9. The van der Waals surface area contributed by atoms with Gasteiger partial charge in [-0.15, -0.1) is 6.42 Å². The van der Waals surface area contributed by atoms with Crippen molar-refractivity contribution in [1.29, 1.82) is 0 Å². The summed E-state index contributed by atoms with van der Waals surface area (Å²) in [6.45, 7) is 3.77. The molecule has 8 aromatic heterocycles. The molecule has 10 rings (SSSR count). The number of nitrogen functional groups attached to an aromatic ring is 2. The summed E-state index contributed by atoms with van der Waals surface area (Å²) in [5.74, 6) is 1.32. The van der Waals surface area contributed by atoms with Gasteiger partial charge in [-0.3, -0.25) is 9.97 Å². The molecule has 0 aliphatic carbocycles. The minimum Gasteiger partial charge on any atom is -0.383 e. The lowest BCUT2D eigenvalue weighted by atomic mass is 9.99. The minimum atomic E-state index is -0.500. The second-order valence-corrected chi connectivity index (χ2v) is 15.3. The quantitative estimate of drug-likeness (QED) is 0.0921. The van der Waals surface area contributed by atoms with Crippen LogP contribution in [-0.4, -0.2) is 59.4 Å². The van der Waals surface area contributed by atoms with Crippen molar-refractivity contribution in [3.63, 3.8) is 0 Å². The Kier molecular flexibility index (Phi) is 10.5. The molecule has 4 N–H and O–H groups in total. The van der Waals surface area contributed by atoms with Gasteiger partial charge in [-0.2, -0.15) is 10.2 Å². The summed E-state index contributed by atoms with van der Waals surface area (Å²) in [6, 6.07) is 14.0. The summed E-state index contributed by atoms with van der Waals surface area (Å²) in [4.78, 5) is 34.2. The molecule has 310 valence electrons. The molecule has 2 unspecified atom stereocenters. The lowest BCUT2D eigenvalue weighted by Crippen LogP contribution is -2.13. The zero-order valence-electron chi connectivity index (χ0n) is 32.9. The highest BCUT2D eigenvalue weighted by Crippen LogP contribution is 2.36. The topological polar surface area (TPSA) is 191 Å². The van der Waals surface area contributed by atoms with E-state index in [1.807, 2.05) is 13.8 Å². The molecule has 0 amide bonds. The number of anilines is 2. The molecule has 0 saturated heterocycles. The van der Waals surface area contributed by atoms with Gasteiger partial charge in [-0.1, -0.05) is 0 Å². The Balaban J connectivity index is 0.000000160. The van der Waals surface area contributed by atoms with Crippen LogP contribution in [0, 0.1) is 39.3 Å². The van der Waals surface area contributed by atoms with Crippen LogP contribution in [0.3, 0.4) is 0 Å². The molecular formula is C44H29F4IN14. The van der Waals surface area contributed by atoms with E-state index in [9.17, 15) is 17.6 Å². The van der Waals surface area contributed by atoms with E-state index in [2.05, 4.69) is 68.6 Å². The average molecular weight is 957 g/mol. The molecule has 63 heavy (non-hydrogen) atoms. The number of benzene rings is 2. The summed E-state index contributed by atoms with van der Waals surface area (Å²) in [6.07, 6.45) is 13.6. The van der Waals surface area contributed by atoms with Crippen molar-refractivity contribution in [3.05, 3.63) is 142 Å². The van der Waals surface area contributed by atoms with Crippen molar-refractivity contribution >= 4 is 78.1 Å². The van der Waals surface area contributed by atoms with Crippen LogP contribution in [-0.2, 0) is 0 Å². The van der Waals surface area contributed by atoms with Gasteiger partial charge < -0.3 is 11.5 Å². The van der Waals surface area contributed by atoms with Crippen LogP contribution in [0.5, 0.6) is 0 Å². The first-order valence-electron chi connectivity index (χ1n) is 18.9. The molecule has 10 aromatic rings. The van der Waals surface area contributed by atoms with Crippen molar-refractivity contribution in [2.45, 2.75) is 25.9 Å². The standard InChI is InChI=1S/C23H15F2N7.C21H14F2IN7/c1-3-18-20-22(26)28-11-29-23(20)32(31-18)12(2)21-17(14-7-16(25)10-27-9-14)8-13-6-15(24)4-5-19(13)30-21;1-10(31-21-17(19(24)30-31)20(25)27-9-28-21)18-15(12-5-14(23)8-26-7-12)6-11-4-13(22)2-3-16(11)29-18/h1,4-12H,2H3,(H2,26,28,29);2-10H,1H3,(H2,25,27,28). The number of terminal acetylenes is 1. The van der Waals surface area contributed by atoms with Crippen molar-refractivity contribution in [1.82, 2.24) is 59.4 Å². The molecule has 2 aromatic carbocycles. The fourth-order valence-electron chi connectivity index (χ4n) is 7.36. The smallest absolute Gasteiger partial charge is 0.165 e. The number of pyridine rings is 4. The van der Waals surface area contributed by atoms with Gasteiger partial charge in [0.2, 0.25) is 0 Å². The maximum atomic E-state index is 14.0. The number of nitrogens with two attached hydrogens (primary N) is 2. The lowest BCUT2D eigenvalue weighted by molar-refractivity contribution is 0.564. The Morgan fingerprint density at radius 3 is 1.57 bits per heavy atom. The molecule has 14 nitrogen and oxygen atoms in total. The molecule has 0 bridgehead atoms. The number of fused-ring (bicyclic) bond motifs is 4. The van der Waals surface area contributed by atoms with Gasteiger partial charge in [0.15, 0.2) is 11.3 Å². The van der Waals surface area contributed by atoms with Gasteiger partial charge in [-0.25, -0.2) is 56.8 Å². The molecule has 0 radical (unpaired) electrons. The van der Waals surface area contributed by atoms with Crippen LogP contribution in [0.25, 0.3) is 66.1 Å². The molecule has 8 heterocycles. The Morgan fingerprint density at radius 1 is 0.603 bits per heavy atom. The van der Waals surface area contributed by atoms with Gasteiger partial charge in [0, 0.05) is 45.4 Å². The van der Waals surface area contributed by atoms with E-state index in [0.29, 0.717) is 92.7 Å². The Labute approximate surface area is 367 Å². The third-order valence-corrected chi connectivity index (χ3v) is 11.1. The van der Waals surface area contributed by atoms with Gasteiger partial charge in [0.05, 0.1) is 57.7 Å². The van der Waals surface area contributed by atoms with E-state index in [0.717, 1.165) is 12.4 Å². The van der Waals surface area contributed by atoms with E-state index >= 15 is 0 Å². The molecule has 0 aliphatic rings. The number of hydrogen-bond acceptors (Lipinski definition) is 12. The third kappa shape index (κ3) is 7.54. The minimum absolute atomic E-state index is 0.220. The molecule has 2 atom stereocenters. The van der Waals surface area contributed by atoms with Crippen LogP contribution in [0.1, 0.15) is 43.0 Å². The van der Waals surface area contributed by atoms with E-state index in [1.54, 1.807) is 39.8 Å². The average Bonchev–Trinajstić information content (AvgIpc) is 3.84. The maximum Gasteiger partial charge on any atom is 0.165 e. The Bertz CT molecular complexity index is 3480. The second kappa shape index (κ2) is 16.3. The van der Waals surface area contributed by atoms with Crippen LogP contribution in [0.2, 0.25) is 0 Å². The van der Waals surface area contributed by atoms with Gasteiger partial charge in [0.25, 0.3) is 0 Å². The largest absolute Gasteiger partial charge is 0.383 e. The highest BCUT2D eigenvalue weighted by molar-refractivity contribution is 14.1. The number of rotatable bonds is 6. The predicted molar refractivity (Wildman–Crippen MR) is 238 cm³/mol. The van der Waals surface area contributed by atoms with Crippen LogP contribution in [0.15, 0.2) is 98.1 Å². The van der Waals surface area contributed by atoms with Gasteiger partial charge >= 0.3 is 0 Å². The molecule has 0 aliphatic heterocycles. The van der Waals surface area contributed by atoms with Crippen LogP contribution >= 0.6 is 22.6 Å². The number of aromatic nitrogens is 12. The highest BCUT2D eigenvalue weighted by atomic mass is 127. The van der Waals surface area contributed by atoms with E-state index in [-0.39, 0.29) is 11.6 Å². The summed E-state index contributed by atoms with van der Waals surface area (Å²) < 4.78 is 59.6. The Morgan fingerprint density at radius 2 is 1.08 bits per heavy atom. The molecule has 19 heteroatoms. The van der Waals surface area contributed by atoms with E-state index in [4.69, 9.17) is 27.9 Å². The van der Waals surface area contributed by atoms with Crippen molar-refractivity contribution in [2.75, 3.05) is 11.5 Å². The molecule has 0 saturated carbocycles. The maximum absolute atomic E-state index is 14.0. The summed E-state index contributed by atoms with van der Waals surface area (Å²) in [5, 5.41) is 11.4. The van der Waals surface area contributed by atoms with Gasteiger partial charge in [0.1, 0.15) is 57.0 Å². The third-order valence-electron chi connectivity index (χ3n) is 10.3. The first kappa shape index (κ1) is 40.7. The predicted octanol–water partition coefficient (Wildman–Crippen LogP) is 8.40. The zero-order chi connectivity index (χ0) is 44.1. The van der Waals surface area contributed by atoms with Crippen molar-refractivity contribution < 1.29 is 17.6 Å². The zero-order valence-corrected chi connectivity index (χ0v) is 35.0. The first-order valence-corrected chi connectivity index (χ1v) is 20.0. The van der Waals surface area contributed by atoms with Gasteiger partial charge in [-0.05, 0) is 103 Å². The van der Waals surface area contributed by atoms with E-state index < -0.39 is 29.5 Å². The molecular weight excluding hydrogens is 927 g/mol. The highest BCUT2D eigenvalue weighted by Gasteiger charge is 2.25. The molecule has 0 fully saturated rings. The number of hydrogen-bond donors (Lipinski definition) is 2. The molecule has 0 spiro atoms. The number of halogens is 5. The fourth-order valence-corrected chi connectivity index (χ4v) is 8.11. The van der Waals surface area contributed by atoms with Crippen LogP contribution in [0.4, 0.5) is 29.2 Å².